The van der Waals surface area contributed by atoms with Crippen LogP contribution in [-0.2, 0) is 4.74 Å². The van der Waals surface area contributed by atoms with E-state index in [1.165, 1.54) is 10.5 Å². The summed E-state index contributed by atoms with van der Waals surface area (Å²) in [6.45, 7) is 7.50. The van der Waals surface area contributed by atoms with E-state index in [9.17, 15) is 0 Å². The number of aryl methyl sites for hydroxylation is 1. The number of nitrogens with zero attached hydrogens (tertiary/aromatic N) is 1. The molecule has 5 heteroatoms. The van der Waals surface area contributed by atoms with Gasteiger partial charge in [-0.05, 0) is 32.4 Å². The summed E-state index contributed by atoms with van der Waals surface area (Å²) in [5.41, 5.74) is 1.30. The molecular formula is C16H27N3OS. The first-order valence-electron chi connectivity index (χ1n) is 7.47. The van der Waals surface area contributed by atoms with Crippen molar-refractivity contribution in [1.82, 2.24) is 10.6 Å². The molecule has 0 heterocycles. The van der Waals surface area contributed by atoms with Gasteiger partial charge < -0.3 is 15.4 Å². The fourth-order valence-corrected chi connectivity index (χ4v) is 2.48. The zero-order chi connectivity index (χ0) is 15.3. The first-order chi connectivity index (χ1) is 10.3. The van der Waals surface area contributed by atoms with Gasteiger partial charge in [0, 0.05) is 44.0 Å². The minimum absolute atomic E-state index is 0.756. The van der Waals surface area contributed by atoms with Crippen molar-refractivity contribution in [1.29, 1.82) is 0 Å². The molecule has 1 aromatic rings. The fourth-order valence-electron chi connectivity index (χ4n) is 1.71. The van der Waals surface area contributed by atoms with Crippen LogP contribution >= 0.6 is 11.8 Å². The van der Waals surface area contributed by atoms with E-state index in [0.29, 0.717) is 0 Å². The van der Waals surface area contributed by atoms with Gasteiger partial charge in [-0.3, -0.25) is 4.99 Å². The molecule has 0 aromatic heterocycles. The molecule has 0 saturated carbocycles. The van der Waals surface area contributed by atoms with Crippen LogP contribution in [0.15, 0.2) is 34.2 Å². The zero-order valence-electron chi connectivity index (χ0n) is 13.3. The quantitative estimate of drug-likeness (QED) is 0.319. The van der Waals surface area contributed by atoms with Gasteiger partial charge in [0.05, 0.1) is 0 Å². The van der Waals surface area contributed by atoms with Crippen molar-refractivity contribution >= 4 is 17.7 Å². The highest BCUT2D eigenvalue weighted by Gasteiger charge is 1.97. The predicted molar refractivity (Wildman–Crippen MR) is 92.4 cm³/mol. The van der Waals surface area contributed by atoms with Crippen LogP contribution < -0.4 is 10.6 Å². The number of nitrogens with one attached hydrogen (secondary N) is 2. The number of hydrogen-bond acceptors (Lipinski definition) is 3. The Morgan fingerprint density at radius 3 is 2.67 bits per heavy atom. The SMILES string of the molecule is CCNC(=NCCCOC)NCCSc1ccc(C)cc1. The summed E-state index contributed by atoms with van der Waals surface area (Å²) in [6.07, 6.45) is 0.950. The average molecular weight is 309 g/mol. The molecule has 0 aliphatic rings. The molecule has 0 bridgehead atoms. The number of methoxy groups -OCH3 is 1. The highest BCUT2D eigenvalue weighted by atomic mass is 32.2. The lowest BCUT2D eigenvalue weighted by molar-refractivity contribution is 0.197. The smallest absolute Gasteiger partial charge is 0.191 e. The monoisotopic (exact) mass is 309 g/mol. The highest BCUT2D eigenvalue weighted by molar-refractivity contribution is 7.99. The lowest BCUT2D eigenvalue weighted by Gasteiger charge is -2.11. The molecule has 0 aliphatic heterocycles. The zero-order valence-corrected chi connectivity index (χ0v) is 14.1. The van der Waals surface area contributed by atoms with Crippen LogP contribution in [0.1, 0.15) is 18.9 Å². The number of guanidine groups is 1. The lowest BCUT2D eigenvalue weighted by atomic mass is 10.2. The van der Waals surface area contributed by atoms with E-state index in [1.54, 1.807) is 7.11 Å². The van der Waals surface area contributed by atoms with Crippen LogP contribution in [0.5, 0.6) is 0 Å². The van der Waals surface area contributed by atoms with Gasteiger partial charge in [0.25, 0.3) is 0 Å². The van der Waals surface area contributed by atoms with Gasteiger partial charge in [-0.25, -0.2) is 0 Å². The van der Waals surface area contributed by atoms with E-state index in [-0.39, 0.29) is 0 Å². The second-order valence-corrected chi connectivity index (χ2v) is 5.86. The second-order valence-electron chi connectivity index (χ2n) is 4.70. The Balaban J connectivity index is 2.24. The largest absolute Gasteiger partial charge is 0.385 e. The maximum atomic E-state index is 5.03. The molecule has 0 saturated heterocycles. The van der Waals surface area contributed by atoms with Crippen LogP contribution in [0, 0.1) is 6.92 Å². The van der Waals surface area contributed by atoms with Crippen molar-refractivity contribution in [3.63, 3.8) is 0 Å². The van der Waals surface area contributed by atoms with Crippen LogP contribution in [0.25, 0.3) is 0 Å². The van der Waals surface area contributed by atoms with E-state index in [2.05, 4.69) is 53.7 Å². The standard InChI is InChI=1S/C16H27N3OS/c1-4-17-16(18-10-5-12-20-3)19-11-13-21-15-8-6-14(2)7-9-15/h6-9H,4-5,10-13H2,1-3H3,(H2,17,18,19). The molecule has 4 nitrogen and oxygen atoms in total. The Hall–Kier alpha value is -1.20. The van der Waals surface area contributed by atoms with Gasteiger partial charge >= 0.3 is 0 Å². The highest BCUT2D eigenvalue weighted by Crippen LogP contribution is 2.17. The summed E-state index contributed by atoms with van der Waals surface area (Å²) in [4.78, 5) is 5.82. The molecule has 0 fully saturated rings. The Kier molecular flexibility index (Phi) is 9.74. The van der Waals surface area contributed by atoms with Crippen LogP contribution in [0.2, 0.25) is 0 Å². The van der Waals surface area contributed by atoms with Crippen molar-refractivity contribution in [3.05, 3.63) is 29.8 Å². The van der Waals surface area contributed by atoms with Crippen LogP contribution in [-0.4, -0.2) is 45.1 Å². The number of rotatable bonds is 9. The predicted octanol–water partition coefficient (Wildman–Crippen LogP) is 2.68. The third-order valence-electron chi connectivity index (χ3n) is 2.80. The molecule has 0 atom stereocenters. The summed E-state index contributed by atoms with van der Waals surface area (Å²) in [7, 11) is 1.72. The van der Waals surface area contributed by atoms with Crippen LogP contribution in [0.4, 0.5) is 0 Å². The van der Waals surface area contributed by atoms with Gasteiger partial charge in [-0.1, -0.05) is 17.7 Å². The molecule has 0 amide bonds. The van der Waals surface area contributed by atoms with E-state index in [4.69, 9.17) is 4.74 Å². The molecule has 2 N–H and O–H groups in total. The number of thioether (sulfide) groups is 1. The first kappa shape index (κ1) is 17.9. The lowest BCUT2D eigenvalue weighted by Crippen LogP contribution is -2.38. The van der Waals surface area contributed by atoms with E-state index >= 15 is 0 Å². The van der Waals surface area contributed by atoms with Gasteiger partial charge in [0.2, 0.25) is 0 Å². The summed E-state index contributed by atoms with van der Waals surface area (Å²) in [5.74, 6) is 1.91. The number of ether oxygens (including phenoxy) is 1. The Morgan fingerprint density at radius 1 is 1.24 bits per heavy atom. The number of benzene rings is 1. The van der Waals surface area contributed by atoms with Gasteiger partial charge in [0.15, 0.2) is 5.96 Å². The Bertz CT molecular complexity index is 406. The van der Waals surface area contributed by atoms with E-state index in [0.717, 1.165) is 44.4 Å². The summed E-state index contributed by atoms with van der Waals surface area (Å²) in [6, 6.07) is 8.64. The average Bonchev–Trinajstić information content (AvgIpc) is 2.49. The molecule has 118 valence electrons. The summed E-state index contributed by atoms with van der Waals surface area (Å²) < 4.78 is 5.03. The second kappa shape index (κ2) is 11.5. The number of hydrogen-bond donors (Lipinski definition) is 2. The van der Waals surface area contributed by atoms with Crippen molar-refractivity contribution in [2.45, 2.75) is 25.2 Å². The van der Waals surface area contributed by atoms with Crippen molar-refractivity contribution in [2.24, 2.45) is 4.99 Å². The minimum atomic E-state index is 0.756. The van der Waals surface area contributed by atoms with Gasteiger partial charge in [-0.15, -0.1) is 11.8 Å². The molecular weight excluding hydrogens is 282 g/mol. The Morgan fingerprint density at radius 2 is 2.00 bits per heavy atom. The van der Waals surface area contributed by atoms with Gasteiger partial charge in [0.1, 0.15) is 0 Å². The topological polar surface area (TPSA) is 45.7 Å². The fraction of sp³-hybridized carbons (Fsp3) is 0.562. The normalized spacial score (nSPS) is 11.5. The van der Waals surface area contributed by atoms with Gasteiger partial charge in [-0.2, -0.15) is 0 Å². The summed E-state index contributed by atoms with van der Waals surface area (Å²) in [5, 5.41) is 6.61. The Labute approximate surface area is 132 Å². The van der Waals surface area contributed by atoms with E-state index in [1.807, 2.05) is 11.8 Å². The molecule has 0 spiro atoms. The van der Waals surface area contributed by atoms with Crippen molar-refractivity contribution in [3.8, 4) is 0 Å². The number of aliphatic imine (C=N–C) groups is 1. The maximum Gasteiger partial charge on any atom is 0.191 e. The molecule has 1 aromatic carbocycles. The molecule has 1 rings (SSSR count). The van der Waals surface area contributed by atoms with Crippen molar-refractivity contribution < 1.29 is 4.74 Å². The summed E-state index contributed by atoms with van der Waals surface area (Å²) >= 11 is 1.86. The minimum Gasteiger partial charge on any atom is -0.385 e. The third-order valence-corrected chi connectivity index (χ3v) is 3.82. The maximum absolute atomic E-state index is 5.03. The molecule has 0 unspecified atom stereocenters. The molecule has 0 radical (unpaired) electrons. The van der Waals surface area contributed by atoms with Crippen molar-refractivity contribution in [2.75, 3.05) is 39.1 Å². The molecule has 21 heavy (non-hydrogen) atoms. The first-order valence-corrected chi connectivity index (χ1v) is 8.45. The molecule has 0 aliphatic carbocycles. The van der Waals surface area contributed by atoms with Crippen LogP contribution in [0.3, 0.4) is 0 Å². The third kappa shape index (κ3) is 8.63. The van der Waals surface area contributed by atoms with E-state index < -0.39 is 0 Å².